The number of rotatable bonds is 6. The molecular weight excluding hydrogens is 463 g/mol. The maximum atomic E-state index is 13.2. The van der Waals surface area contributed by atoms with Crippen LogP contribution < -0.4 is 9.64 Å². The number of benzene rings is 1. The third kappa shape index (κ3) is 4.78. The van der Waals surface area contributed by atoms with Crippen molar-refractivity contribution in [3.8, 4) is 5.75 Å². The number of alkyl halides is 3. The van der Waals surface area contributed by atoms with Crippen molar-refractivity contribution in [1.82, 2.24) is 29.6 Å². The molecule has 4 aromatic rings. The van der Waals surface area contributed by atoms with Crippen LogP contribution in [0, 0.1) is 0 Å². The van der Waals surface area contributed by atoms with Crippen molar-refractivity contribution in [2.75, 3.05) is 24.6 Å². The average Bonchev–Trinajstić information content (AvgIpc) is 3.45. The Labute approximate surface area is 198 Å². The highest BCUT2D eigenvalue weighted by Crippen LogP contribution is 2.35. The van der Waals surface area contributed by atoms with Crippen molar-refractivity contribution in [2.45, 2.75) is 31.0 Å². The SMILES string of the molecule is Cn1ccc(CCOc2ccc(C3(O)CCN(c4ccc5nnc(C(F)(F)F)n5n4)CC3)cc2)n1. The predicted molar refractivity (Wildman–Crippen MR) is 120 cm³/mol. The molecule has 0 unspecified atom stereocenters. The number of aryl methyl sites for hydroxylation is 1. The molecule has 9 nitrogen and oxygen atoms in total. The lowest BCUT2D eigenvalue weighted by molar-refractivity contribution is -0.146. The van der Waals surface area contributed by atoms with Crippen molar-refractivity contribution in [3.63, 3.8) is 0 Å². The summed E-state index contributed by atoms with van der Waals surface area (Å²) in [6.07, 6.45) is -1.26. The van der Waals surface area contributed by atoms with E-state index >= 15 is 0 Å². The van der Waals surface area contributed by atoms with E-state index in [9.17, 15) is 18.3 Å². The second-order valence-corrected chi connectivity index (χ2v) is 8.61. The standard InChI is InChI=1S/C23H24F3N7O2/c1-31-12-8-17(29-31)9-15-35-18-4-2-16(3-5-18)22(34)10-13-32(14-11-22)20-7-6-19-27-28-21(23(24,25)26)33(19)30-20/h2-8,12,34H,9-11,13-15H2,1H3. The summed E-state index contributed by atoms with van der Waals surface area (Å²) in [7, 11) is 1.87. The van der Waals surface area contributed by atoms with Crippen molar-refractivity contribution in [1.29, 1.82) is 0 Å². The molecule has 0 aliphatic carbocycles. The van der Waals surface area contributed by atoms with Crippen LogP contribution in [0.4, 0.5) is 19.0 Å². The molecule has 1 saturated heterocycles. The first kappa shape index (κ1) is 23.1. The van der Waals surface area contributed by atoms with Gasteiger partial charge in [0.05, 0.1) is 17.9 Å². The average molecular weight is 487 g/mol. The normalized spacial score (nSPS) is 16.1. The van der Waals surface area contributed by atoms with Crippen molar-refractivity contribution < 1.29 is 23.0 Å². The largest absolute Gasteiger partial charge is 0.493 e. The molecule has 1 fully saturated rings. The Morgan fingerprint density at radius 3 is 2.40 bits per heavy atom. The molecule has 0 spiro atoms. The van der Waals surface area contributed by atoms with Gasteiger partial charge in [0.25, 0.3) is 5.82 Å². The lowest BCUT2D eigenvalue weighted by atomic mass is 9.84. The molecule has 4 heterocycles. The third-order valence-electron chi connectivity index (χ3n) is 6.20. The summed E-state index contributed by atoms with van der Waals surface area (Å²) in [6, 6.07) is 12.4. The van der Waals surface area contributed by atoms with Crippen LogP contribution in [0.3, 0.4) is 0 Å². The summed E-state index contributed by atoms with van der Waals surface area (Å²) in [5.74, 6) is -0.0793. The number of halogens is 3. The molecular formula is C23H24F3N7O2. The van der Waals surface area contributed by atoms with Gasteiger partial charge in [-0.3, -0.25) is 4.68 Å². The number of nitrogens with zero attached hydrogens (tertiary/aromatic N) is 7. The Balaban J connectivity index is 1.21. The van der Waals surface area contributed by atoms with E-state index in [4.69, 9.17) is 4.74 Å². The Bertz CT molecular complexity index is 1310. The van der Waals surface area contributed by atoms with Gasteiger partial charge in [-0.25, -0.2) is 0 Å². The zero-order valence-electron chi connectivity index (χ0n) is 19.0. The Kier molecular flexibility index (Phi) is 5.83. The zero-order valence-corrected chi connectivity index (χ0v) is 19.0. The predicted octanol–water partition coefficient (Wildman–Crippen LogP) is 2.99. The minimum Gasteiger partial charge on any atom is -0.493 e. The smallest absolute Gasteiger partial charge is 0.453 e. The van der Waals surface area contributed by atoms with Crippen molar-refractivity contribution in [3.05, 3.63) is 65.7 Å². The number of fused-ring (bicyclic) bond motifs is 1. The van der Waals surface area contributed by atoms with E-state index < -0.39 is 17.6 Å². The molecule has 12 heteroatoms. The van der Waals surface area contributed by atoms with Gasteiger partial charge in [-0.1, -0.05) is 12.1 Å². The molecule has 1 aromatic carbocycles. The molecule has 0 saturated carbocycles. The summed E-state index contributed by atoms with van der Waals surface area (Å²) in [6.45, 7) is 1.36. The molecule has 0 bridgehead atoms. The fourth-order valence-electron chi connectivity index (χ4n) is 4.25. The van der Waals surface area contributed by atoms with Gasteiger partial charge in [0.1, 0.15) is 11.6 Å². The Morgan fingerprint density at radius 2 is 1.74 bits per heavy atom. The van der Waals surface area contributed by atoms with Gasteiger partial charge in [-0.05, 0) is 48.7 Å². The highest BCUT2D eigenvalue weighted by atomic mass is 19.4. The quantitative estimate of drug-likeness (QED) is 0.447. The molecule has 0 atom stereocenters. The lowest BCUT2D eigenvalue weighted by Gasteiger charge is -2.39. The third-order valence-corrected chi connectivity index (χ3v) is 6.20. The molecule has 1 aliphatic rings. The molecule has 0 amide bonds. The van der Waals surface area contributed by atoms with E-state index in [0.29, 0.717) is 55.0 Å². The van der Waals surface area contributed by atoms with Gasteiger partial charge in [0.2, 0.25) is 0 Å². The van der Waals surface area contributed by atoms with Crippen LogP contribution in [0.2, 0.25) is 0 Å². The molecule has 3 aromatic heterocycles. The molecule has 0 radical (unpaired) electrons. The second kappa shape index (κ2) is 8.84. The first-order valence-electron chi connectivity index (χ1n) is 11.2. The van der Waals surface area contributed by atoms with Crippen LogP contribution in [-0.4, -0.2) is 54.4 Å². The van der Waals surface area contributed by atoms with Gasteiger partial charge < -0.3 is 14.7 Å². The van der Waals surface area contributed by atoms with Crippen LogP contribution >= 0.6 is 0 Å². The maximum absolute atomic E-state index is 13.2. The number of hydrogen-bond acceptors (Lipinski definition) is 7. The van der Waals surface area contributed by atoms with Crippen LogP contribution in [-0.2, 0) is 25.2 Å². The van der Waals surface area contributed by atoms with Gasteiger partial charge >= 0.3 is 6.18 Å². The zero-order chi connectivity index (χ0) is 24.6. The minimum absolute atomic E-state index is 0.0249. The monoisotopic (exact) mass is 487 g/mol. The summed E-state index contributed by atoms with van der Waals surface area (Å²) in [5.41, 5.74) is 0.714. The van der Waals surface area contributed by atoms with E-state index in [2.05, 4.69) is 20.4 Å². The highest BCUT2D eigenvalue weighted by molar-refractivity contribution is 5.46. The van der Waals surface area contributed by atoms with E-state index in [0.717, 1.165) is 11.3 Å². The number of aliphatic hydroxyl groups is 1. The van der Waals surface area contributed by atoms with E-state index in [1.807, 2.05) is 48.5 Å². The summed E-state index contributed by atoms with van der Waals surface area (Å²) in [4.78, 5) is 1.85. The van der Waals surface area contributed by atoms with Crippen LogP contribution in [0.15, 0.2) is 48.7 Å². The molecule has 184 valence electrons. The van der Waals surface area contributed by atoms with Crippen LogP contribution in [0.1, 0.15) is 29.9 Å². The Hall–Kier alpha value is -3.67. The number of piperidine rings is 1. The van der Waals surface area contributed by atoms with Gasteiger partial charge in [-0.2, -0.15) is 22.8 Å². The van der Waals surface area contributed by atoms with Crippen LogP contribution in [0.5, 0.6) is 5.75 Å². The van der Waals surface area contributed by atoms with Gasteiger partial charge in [-0.15, -0.1) is 15.3 Å². The summed E-state index contributed by atoms with van der Waals surface area (Å²) in [5, 5.41) is 26.4. The highest BCUT2D eigenvalue weighted by Gasteiger charge is 2.38. The first-order valence-corrected chi connectivity index (χ1v) is 11.2. The van der Waals surface area contributed by atoms with E-state index in [1.54, 1.807) is 10.7 Å². The van der Waals surface area contributed by atoms with Gasteiger partial charge in [0, 0.05) is 32.8 Å². The fraction of sp³-hybridized carbons (Fsp3) is 0.391. The number of anilines is 1. The van der Waals surface area contributed by atoms with Crippen molar-refractivity contribution >= 4 is 11.5 Å². The summed E-state index contributed by atoms with van der Waals surface area (Å²) >= 11 is 0. The van der Waals surface area contributed by atoms with Crippen LogP contribution in [0.25, 0.3) is 5.65 Å². The maximum Gasteiger partial charge on any atom is 0.453 e. The minimum atomic E-state index is -4.65. The van der Waals surface area contributed by atoms with Gasteiger partial charge in [0.15, 0.2) is 5.65 Å². The number of ether oxygens (including phenoxy) is 1. The molecule has 35 heavy (non-hydrogen) atoms. The van der Waals surface area contributed by atoms with Crippen molar-refractivity contribution in [2.24, 2.45) is 7.05 Å². The Morgan fingerprint density at radius 1 is 1.00 bits per heavy atom. The van der Waals surface area contributed by atoms with E-state index in [1.165, 1.54) is 6.07 Å². The first-order chi connectivity index (χ1) is 16.7. The molecule has 1 aliphatic heterocycles. The molecule has 1 N–H and O–H groups in total. The number of hydrogen-bond donors (Lipinski definition) is 1. The lowest BCUT2D eigenvalue weighted by Crippen LogP contribution is -2.43. The number of aromatic nitrogens is 6. The fourth-order valence-corrected chi connectivity index (χ4v) is 4.25. The topological polar surface area (TPSA) is 93.6 Å². The summed E-state index contributed by atoms with van der Waals surface area (Å²) < 4.78 is 47.8. The second-order valence-electron chi connectivity index (χ2n) is 8.61. The van der Waals surface area contributed by atoms with E-state index in [-0.39, 0.29) is 5.65 Å². The molecule has 5 rings (SSSR count).